The van der Waals surface area contributed by atoms with Gasteiger partial charge in [-0.3, -0.25) is 14.5 Å². The molecule has 0 aromatic heterocycles. The molecule has 0 saturated carbocycles. The maximum Gasteiger partial charge on any atom is 0.414 e. The molecular formula is C17H15F4N3O4. The van der Waals surface area contributed by atoms with Gasteiger partial charge in [0.1, 0.15) is 11.8 Å². The maximum absolute atomic E-state index is 14.5. The molecule has 0 unspecified atom stereocenters. The van der Waals surface area contributed by atoms with Crippen molar-refractivity contribution >= 4 is 29.2 Å². The molecule has 2 amide bonds. The van der Waals surface area contributed by atoms with Crippen molar-refractivity contribution in [2.45, 2.75) is 19.0 Å². The highest BCUT2D eigenvalue weighted by Gasteiger charge is 2.34. The zero-order valence-electron chi connectivity index (χ0n) is 14.3. The van der Waals surface area contributed by atoms with E-state index in [2.05, 4.69) is 0 Å². The van der Waals surface area contributed by atoms with E-state index in [1.165, 1.54) is 17.2 Å². The minimum absolute atomic E-state index is 0.111. The number of alkyl halides is 2. The number of hydrogen-bond donors (Lipinski definition) is 1. The number of rotatable bonds is 5. The third-order valence-corrected chi connectivity index (χ3v) is 4.22. The Morgan fingerprint density at radius 1 is 1.25 bits per heavy atom. The zero-order chi connectivity index (χ0) is 20.4. The van der Waals surface area contributed by atoms with Crippen LogP contribution in [0.4, 0.5) is 33.7 Å². The average molecular weight is 401 g/mol. The van der Waals surface area contributed by atoms with Gasteiger partial charge in [0.15, 0.2) is 17.4 Å². The Kier molecular flexibility index (Phi) is 5.52. The summed E-state index contributed by atoms with van der Waals surface area (Å²) in [5.74, 6) is -3.56. The molecule has 150 valence electrons. The maximum atomic E-state index is 14.5. The fourth-order valence-electron chi connectivity index (χ4n) is 2.86. The van der Waals surface area contributed by atoms with Crippen molar-refractivity contribution in [2.24, 2.45) is 0 Å². The number of hydrogen-bond acceptors (Lipinski definition) is 5. The van der Waals surface area contributed by atoms with Crippen LogP contribution in [0.5, 0.6) is 0 Å². The number of carbonyl (C=O) groups excluding carboxylic acids is 3. The van der Waals surface area contributed by atoms with Crippen LogP contribution in [0, 0.1) is 11.6 Å². The number of ether oxygens (including phenoxy) is 1. The van der Waals surface area contributed by atoms with Gasteiger partial charge in [0.25, 0.3) is 5.91 Å². The van der Waals surface area contributed by atoms with E-state index >= 15 is 0 Å². The van der Waals surface area contributed by atoms with Gasteiger partial charge in [-0.15, -0.1) is 0 Å². The zero-order valence-corrected chi connectivity index (χ0v) is 14.3. The second-order valence-electron chi connectivity index (χ2n) is 6.15. The molecule has 1 aromatic carbocycles. The third-order valence-electron chi connectivity index (χ3n) is 4.22. The predicted molar refractivity (Wildman–Crippen MR) is 89.1 cm³/mol. The van der Waals surface area contributed by atoms with Crippen LogP contribution >= 0.6 is 0 Å². The van der Waals surface area contributed by atoms with Crippen LogP contribution in [0.3, 0.4) is 0 Å². The van der Waals surface area contributed by atoms with Gasteiger partial charge in [0.2, 0.25) is 0 Å². The van der Waals surface area contributed by atoms with Gasteiger partial charge in [-0.25, -0.2) is 13.6 Å². The quantitative estimate of drug-likeness (QED) is 0.764. The molecule has 28 heavy (non-hydrogen) atoms. The average Bonchev–Trinajstić information content (AvgIpc) is 3.01. The van der Waals surface area contributed by atoms with E-state index in [9.17, 15) is 31.9 Å². The minimum Gasteiger partial charge on any atom is -0.442 e. The van der Waals surface area contributed by atoms with Crippen molar-refractivity contribution in [3.8, 4) is 0 Å². The molecule has 1 saturated heterocycles. The lowest BCUT2D eigenvalue weighted by molar-refractivity contribution is -0.132. The van der Waals surface area contributed by atoms with Crippen LogP contribution in [0.15, 0.2) is 24.4 Å². The van der Waals surface area contributed by atoms with Crippen molar-refractivity contribution in [1.82, 2.24) is 5.32 Å². The molecule has 1 fully saturated rings. The lowest BCUT2D eigenvalue weighted by atomic mass is 10.1. The van der Waals surface area contributed by atoms with Crippen LogP contribution in [0.1, 0.15) is 6.42 Å². The number of nitrogens with one attached hydrogen (secondary N) is 1. The molecule has 0 radical (unpaired) electrons. The molecule has 2 aliphatic rings. The van der Waals surface area contributed by atoms with E-state index in [1.54, 1.807) is 0 Å². The largest absolute Gasteiger partial charge is 0.442 e. The fourth-order valence-corrected chi connectivity index (χ4v) is 2.86. The van der Waals surface area contributed by atoms with Crippen LogP contribution in [-0.2, 0) is 14.3 Å². The Morgan fingerprint density at radius 2 is 1.93 bits per heavy atom. The number of benzene rings is 1. The van der Waals surface area contributed by atoms with Gasteiger partial charge in [-0.1, -0.05) is 0 Å². The summed E-state index contributed by atoms with van der Waals surface area (Å²) in [6, 6.07) is 1.87. The standard InChI is InChI=1S/C17H15F4N3O4/c18-12-5-9(6-13(19)14(12)23-3-1-10(25)2-4-23)24-8-11(28-17(24)27)7-22-16(26)15(20)21/h1,3,5-6,11,15H,2,4,7-8H2,(H,22,26)/t11-/m0/s1. The van der Waals surface area contributed by atoms with Crippen molar-refractivity contribution in [3.63, 3.8) is 0 Å². The monoisotopic (exact) mass is 401 g/mol. The second-order valence-corrected chi connectivity index (χ2v) is 6.15. The van der Waals surface area contributed by atoms with E-state index in [0.717, 1.165) is 17.0 Å². The highest BCUT2D eigenvalue weighted by molar-refractivity contribution is 5.92. The van der Waals surface area contributed by atoms with Crippen molar-refractivity contribution < 1.29 is 36.7 Å². The second kappa shape index (κ2) is 7.87. The fraction of sp³-hybridized carbons (Fsp3) is 0.353. The lowest BCUT2D eigenvalue weighted by Gasteiger charge is -2.25. The van der Waals surface area contributed by atoms with Crippen LogP contribution < -0.4 is 15.1 Å². The SMILES string of the molecule is O=C1C=CN(c2c(F)cc(N3C[C@H](CNC(=O)C(F)F)OC3=O)cc2F)CC1. The first-order valence-electron chi connectivity index (χ1n) is 8.27. The predicted octanol–water partition coefficient (Wildman–Crippen LogP) is 1.96. The van der Waals surface area contributed by atoms with E-state index in [4.69, 9.17) is 4.74 Å². The van der Waals surface area contributed by atoms with Crippen molar-refractivity contribution in [2.75, 3.05) is 29.4 Å². The Hall–Kier alpha value is -3.11. The first-order chi connectivity index (χ1) is 13.3. The highest BCUT2D eigenvalue weighted by atomic mass is 19.3. The van der Waals surface area contributed by atoms with Gasteiger partial charge in [-0.05, 0) is 6.08 Å². The summed E-state index contributed by atoms with van der Waals surface area (Å²) < 4.78 is 58.3. The molecule has 0 bridgehead atoms. The Bertz CT molecular complexity index is 823. The molecule has 1 aromatic rings. The van der Waals surface area contributed by atoms with E-state index in [-0.39, 0.29) is 43.2 Å². The molecule has 3 rings (SSSR count). The third kappa shape index (κ3) is 4.07. The topological polar surface area (TPSA) is 79.0 Å². The highest BCUT2D eigenvalue weighted by Crippen LogP contribution is 2.32. The van der Waals surface area contributed by atoms with E-state index < -0.39 is 36.2 Å². The first kappa shape index (κ1) is 19.6. The Balaban J connectivity index is 1.73. The molecule has 1 atom stereocenters. The number of carbonyl (C=O) groups is 3. The van der Waals surface area contributed by atoms with Gasteiger partial charge in [0.05, 0.1) is 18.8 Å². The molecule has 0 aliphatic carbocycles. The summed E-state index contributed by atoms with van der Waals surface area (Å²) in [6.45, 7) is -0.431. The van der Waals surface area contributed by atoms with Gasteiger partial charge in [-0.2, -0.15) is 8.78 Å². The van der Waals surface area contributed by atoms with Gasteiger partial charge >= 0.3 is 12.5 Å². The summed E-state index contributed by atoms with van der Waals surface area (Å²) in [7, 11) is 0. The van der Waals surface area contributed by atoms with Crippen molar-refractivity contribution in [3.05, 3.63) is 36.0 Å². The summed E-state index contributed by atoms with van der Waals surface area (Å²) in [5.41, 5.74) is -0.482. The summed E-state index contributed by atoms with van der Waals surface area (Å²) in [4.78, 5) is 36.2. The van der Waals surface area contributed by atoms with Crippen LogP contribution in [0.2, 0.25) is 0 Å². The van der Waals surface area contributed by atoms with Gasteiger partial charge < -0.3 is 15.0 Å². The summed E-state index contributed by atoms with van der Waals surface area (Å²) in [6.07, 6.45) is -2.47. The number of nitrogens with zero attached hydrogens (tertiary/aromatic N) is 2. The number of halogens is 4. The molecule has 11 heteroatoms. The summed E-state index contributed by atoms with van der Waals surface area (Å²) >= 11 is 0. The molecular weight excluding hydrogens is 386 g/mol. The summed E-state index contributed by atoms with van der Waals surface area (Å²) in [5, 5.41) is 1.91. The van der Waals surface area contributed by atoms with E-state index in [1.807, 2.05) is 5.32 Å². The number of amides is 2. The minimum atomic E-state index is -3.21. The lowest BCUT2D eigenvalue weighted by Crippen LogP contribution is -2.37. The number of anilines is 2. The Labute approximate surface area is 156 Å². The molecule has 1 N–H and O–H groups in total. The van der Waals surface area contributed by atoms with Crippen LogP contribution in [-0.4, -0.2) is 49.9 Å². The molecule has 7 nitrogen and oxygen atoms in total. The molecule has 2 heterocycles. The number of ketones is 1. The number of allylic oxidation sites excluding steroid dienone is 1. The van der Waals surface area contributed by atoms with Gasteiger partial charge in [0, 0.05) is 31.3 Å². The Morgan fingerprint density at radius 3 is 2.50 bits per heavy atom. The smallest absolute Gasteiger partial charge is 0.414 e. The van der Waals surface area contributed by atoms with Crippen molar-refractivity contribution in [1.29, 1.82) is 0 Å². The normalized spacial score (nSPS) is 19.4. The molecule has 2 aliphatic heterocycles. The molecule has 0 spiro atoms. The van der Waals surface area contributed by atoms with Crippen LogP contribution in [0.25, 0.3) is 0 Å². The number of cyclic esters (lactones) is 1. The van der Waals surface area contributed by atoms with E-state index in [0.29, 0.717) is 0 Å². The first-order valence-corrected chi connectivity index (χ1v) is 8.27.